The largest absolute Gasteiger partial charge is 0.494 e. The summed E-state index contributed by atoms with van der Waals surface area (Å²) in [6.45, 7) is 4.69. The minimum absolute atomic E-state index is 0.155. The van der Waals surface area contributed by atoms with Crippen molar-refractivity contribution in [2.24, 2.45) is 0 Å². The molecule has 0 aliphatic carbocycles. The summed E-state index contributed by atoms with van der Waals surface area (Å²) in [6, 6.07) is 13.6. The number of hydrogen-bond acceptors (Lipinski definition) is 7. The zero-order valence-electron chi connectivity index (χ0n) is 18.0. The second-order valence-corrected chi connectivity index (χ2v) is 10.5. The average molecular weight is 468 g/mol. The van der Waals surface area contributed by atoms with E-state index in [2.05, 4.69) is 9.88 Å². The molecule has 2 saturated heterocycles. The number of carbonyl (C=O) groups excluding carboxylic acids is 2. The lowest BCUT2D eigenvalue weighted by Crippen LogP contribution is -2.31. The van der Waals surface area contributed by atoms with Crippen LogP contribution in [-0.2, 0) is 9.59 Å². The SMILES string of the molecule is CCOc1ccc2nc(S[C@H]3CC(=O)N(c4ccc(N5CCCCC5)cc4)C3=O)sc2c1. The smallest absolute Gasteiger partial charge is 0.247 e. The van der Waals surface area contributed by atoms with Gasteiger partial charge in [-0.1, -0.05) is 11.8 Å². The Bertz CT molecular complexity index is 1140. The molecule has 6 nitrogen and oxygen atoms in total. The number of thioether (sulfide) groups is 1. The van der Waals surface area contributed by atoms with Crippen molar-refractivity contribution in [2.45, 2.75) is 42.2 Å². The minimum Gasteiger partial charge on any atom is -0.494 e. The molecule has 0 unspecified atom stereocenters. The number of benzene rings is 2. The van der Waals surface area contributed by atoms with Gasteiger partial charge in [-0.2, -0.15) is 0 Å². The second kappa shape index (κ2) is 9.11. The third-order valence-corrected chi connectivity index (χ3v) is 8.13. The summed E-state index contributed by atoms with van der Waals surface area (Å²) >= 11 is 2.91. The summed E-state index contributed by atoms with van der Waals surface area (Å²) in [7, 11) is 0. The van der Waals surface area contributed by atoms with E-state index in [1.807, 2.05) is 49.4 Å². The number of hydrogen-bond donors (Lipinski definition) is 0. The number of rotatable bonds is 6. The fraction of sp³-hybridized carbons (Fsp3) is 0.375. The monoisotopic (exact) mass is 467 g/mol. The molecule has 0 radical (unpaired) electrons. The highest BCUT2D eigenvalue weighted by molar-refractivity contribution is 8.02. The average Bonchev–Trinajstić information content (AvgIpc) is 3.34. The maximum Gasteiger partial charge on any atom is 0.247 e. The van der Waals surface area contributed by atoms with E-state index < -0.39 is 5.25 Å². The Balaban J connectivity index is 1.30. The lowest BCUT2D eigenvalue weighted by atomic mass is 10.1. The highest BCUT2D eigenvalue weighted by Gasteiger charge is 2.40. The van der Waals surface area contributed by atoms with E-state index in [9.17, 15) is 9.59 Å². The van der Waals surface area contributed by atoms with Crippen LogP contribution in [0, 0.1) is 0 Å². The van der Waals surface area contributed by atoms with E-state index in [-0.39, 0.29) is 18.2 Å². The van der Waals surface area contributed by atoms with Crippen molar-refractivity contribution in [1.82, 2.24) is 4.98 Å². The maximum absolute atomic E-state index is 13.1. The molecule has 1 aromatic heterocycles. The first kappa shape index (κ1) is 21.3. The molecule has 5 rings (SSSR count). The number of anilines is 2. The van der Waals surface area contributed by atoms with Crippen LogP contribution in [0.25, 0.3) is 10.2 Å². The van der Waals surface area contributed by atoms with Gasteiger partial charge < -0.3 is 9.64 Å². The van der Waals surface area contributed by atoms with E-state index in [4.69, 9.17) is 4.74 Å². The molecule has 166 valence electrons. The fourth-order valence-corrected chi connectivity index (χ4v) is 6.61. The summed E-state index contributed by atoms with van der Waals surface area (Å²) in [5.74, 6) is 0.490. The van der Waals surface area contributed by atoms with E-state index in [1.165, 1.54) is 47.3 Å². The summed E-state index contributed by atoms with van der Waals surface area (Å²) < 4.78 is 7.37. The molecule has 0 bridgehead atoms. The van der Waals surface area contributed by atoms with Gasteiger partial charge >= 0.3 is 0 Å². The van der Waals surface area contributed by atoms with Crippen molar-refractivity contribution in [3.63, 3.8) is 0 Å². The van der Waals surface area contributed by atoms with Crippen LogP contribution in [0.2, 0.25) is 0 Å². The van der Waals surface area contributed by atoms with Gasteiger partial charge in [-0.25, -0.2) is 9.88 Å². The quantitative estimate of drug-likeness (QED) is 0.470. The Labute approximate surface area is 195 Å². The molecule has 2 aliphatic rings. The number of amides is 2. The number of nitrogens with zero attached hydrogens (tertiary/aromatic N) is 3. The lowest BCUT2D eigenvalue weighted by Gasteiger charge is -2.29. The van der Waals surface area contributed by atoms with Gasteiger partial charge in [0, 0.05) is 25.2 Å². The first-order valence-electron chi connectivity index (χ1n) is 11.0. The molecule has 8 heteroatoms. The fourth-order valence-electron chi connectivity index (χ4n) is 4.24. The Kier molecular flexibility index (Phi) is 6.06. The predicted molar refractivity (Wildman–Crippen MR) is 130 cm³/mol. The number of thiazole rings is 1. The number of imide groups is 1. The van der Waals surface area contributed by atoms with Gasteiger partial charge in [-0.3, -0.25) is 9.59 Å². The molecular weight excluding hydrogens is 442 g/mol. The molecule has 32 heavy (non-hydrogen) atoms. The summed E-state index contributed by atoms with van der Waals surface area (Å²) in [4.78, 5) is 34.1. The van der Waals surface area contributed by atoms with Crippen molar-refractivity contribution < 1.29 is 14.3 Å². The third-order valence-electron chi connectivity index (χ3n) is 5.83. The van der Waals surface area contributed by atoms with Crippen LogP contribution in [0.5, 0.6) is 5.75 Å². The van der Waals surface area contributed by atoms with E-state index in [0.717, 1.165) is 39.1 Å². The topological polar surface area (TPSA) is 62.7 Å². The van der Waals surface area contributed by atoms with Gasteiger partial charge in [0.25, 0.3) is 0 Å². The highest BCUT2D eigenvalue weighted by atomic mass is 32.2. The number of carbonyl (C=O) groups is 2. The van der Waals surface area contributed by atoms with Gasteiger partial charge in [0.05, 0.1) is 22.5 Å². The zero-order chi connectivity index (χ0) is 22.1. The molecule has 3 aromatic rings. The predicted octanol–water partition coefficient (Wildman–Crippen LogP) is 5.11. The van der Waals surface area contributed by atoms with Crippen LogP contribution in [0.4, 0.5) is 11.4 Å². The highest BCUT2D eigenvalue weighted by Crippen LogP contribution is 2.38. The van der Waals surface area contributed by atoms with Crippen molar-refractivity contribution in [2.75, 3.05) is 29.5 Å². The molecule has 0 saturated carbocycles. The Hall–Kier alpha value is -2.58. The van der Waals surface area contributed by atoms with Crippen molar-refractivity contribution >= 4 is 56.5 Å². The third kappa shape index (κ3) is 4.21. The Morgan fingerprint density at radius 3 is 2.56 bits per heavy atom. The normalized spacial score (nSPS) is 19.2. The van der Waals surface area contributed by atoms with Crippen LogP contribution >= 0.6 is 23.1 Å². The molecule has 3 heterocycles. The van der Waals surface area contributed by atoms with Crippen LogP contribution in [0.15, 0.2) is 46.8 Å². The summed E-state index contributed by atoms with van der Waals surface area (Å²) in [5.41, 5.74) is 2.68. The van der Waals surface area contributed by atoms with Crippen LogP contribution in [0.3, 0.4) is 0 Å². The molecule has 2 amide bonds. The molecular formula is C24H25N3O3S2. The van der Waals surface area contributed by atoms with Crippen molar-refractivity contribution in [1.29, 1.82) is 0 Å². The van der Waals surface area contributed by atoms with E-state index in [1.54, 1.807) is 0 Å². The van der Waals surface area contributed by atoms with E-state index in [0.29, 0.717) is 12.3 Å². The van der Waals surface area contributed by atoms with E-state index >= 15 is 0 Å². The molecule has 1 atom stereocenters. The van der Waals surface area contributed by atoms with Gasteiger partial charge in [0.15, 0.2) is 4.34 Å². The number of fused-ring (bicyclic) bond motifs is 1. The first-order chi connectivity index (χ1) is 15.6. The summed E-state index contributed by atoms with van der Waals surface area (Å²) in [6.07, 6.45) is 3.90. The minimum atomic E-state index is -0.448. The van der Waals surface area contributed by atoms with Crippen LogP contribution in [0.1, 0.15) is 32.6 Å². The standard InChI is InChI=1S/C24H25N3O3S2/c1-2-30-18-10-11-19-20(14-18)31-24(25-19)32-21-15-22(28)27(23(21)29)17-8-6-16(7-9-17)26-12-4-3-5-13-26/h6-11,14,21H,2-5,12-13,15H2,1H3/t21-/m0/s1. The van der Waals surface area contributed by atoms with Gasteiger partial charge in [0.1, 0.15) is 11.0 Å². The second-order valence-electron chi connectivity index (χ2n) is 7.98. The molecule has 2 aliphatic heterocycles. The Morgan fingerprint density at radius 2 is 1.81 bits per heavy atom. The van der Waals surface area contributed by atoms with Gasteiger partial charge in [0.2, 0.25) is 11.8 Å². The van der Waals surface area contributed by atoms with Crippen LogP contribution in [-0.4, -0.2) is 41.7 Å². The Morgan fingerprint density at radius 1 is 1.06 bits per heavy atom. The maximum atomic E-state index is 13.1. The molecule has 2 fully saturated rings. The number of piperidine rings is 1. The van der Waals surface area contributed by atoms with Crippen LogP contribution < -0.4 is 14.5 Å². The van der Waals surface area contributed by atoms with Crippen molar-refractivity contribution in [3.05, 3.63) is 42.5 Å². The van der Waals surface area contributed by atoms with Crippen molar-refractivity contribution in [3.8, 4) is 5.75 Å². The molecule has 0 spiro atoms. The molecule has 2 aromatic carbocycles. The summed E-state index contributed by atoms with van der Waals surface area (Å²) in [5, 5.41) is -0.448. The number of aromatic nitrogens is 1. The van der Waals surface area contributed by atoms with Gasteiger partial charge in [-0.05, 0) is 68.7 Å². The lowest BCUT2D eigenvalue weighted by molar-refractivity contribution is -0.121. The number of ether oxygens (including phenoxy) is 1. The zero-order valence-corrected chi connectivity index (χ0v) is 19.6. The molecule has 0 N–H and O–H groups in total. The van der Waals surface area contributed by atoms with Gasteiger partial charge in [-0.15, -0.1) is 11.3 Å². The first-order valence-corrected chi connectivity index (χ1v) is 12.7.